The fraction of sp³-hybridized carbons (Fsp3) is 0.429. The van der Waals surface area contributed by atoms with Gasteiger partial charge in [-0.1, -0.05) is 55.0 Å². The van der Waals surface area contributed by atoms with Crippen molar-refractivity contribution in [1.82, 2.24) is 0 Å². The Hall–Kier alpha value is -1.16. The van der Waals surface area contributed by atoms with Gasteiger partial charge in [-0.3, -0.25) is 4.21 Å². The molecule has 0 radical (unpaired) electrons. The maximum atomic E-state index is 12.9. The van der Waals surface area contributed by atoms with Crippen LogP contribution in [0.4, 0.5) is 0 Å². The first-order chi connectivity index (χ1) is 11.9. The van der Waals surface area contributed by atoms with Crippen LogP contribution in [0.25, 0.3) is 0 Å². The van der Waals surface area contributed by atoms with Crippen molar-refractivity contribution < 1.29 is 8.95 Å². The van der Waals surface area contributed by atoms with E-state index in [0.29, 0.717) is 13.2 Å². The maximum absolute atomic E-state index is 12.9. The zero-order valence-corrected chi connectivity index (χ0v) is 16.4. The minimum absolute atomic E-state index is 0.225. The highest BCUT2D eigenvalue weighted by Crippen LogP contribution is 2.64. The van der Waals surface area contributed by atoms with Gasteiger partial charge in [-0.05, 0) is 43.9 Å². The molecule has 0 aliphatic heterocycles. The monoisotopic (exact) mass is 376 g/mol. The fourth-order valence-electron chi connectivity index (χ4n) is 3.07. The van der Waals surface area contributed by atoms with E-state index < -0.39 is 15.0 Å². The van der Waals surface area contributed by atoms with E-state index >= 15 is 0 Å². The molecule has 1 fully saturated rings. The summed E-state index contributed by atoms with van der Waals surface area (Å²) in [6.07, 6.45) is 2.72. The summed E-state index contributed by atoms with van der Waals surface area (Å²) >= 11 is 6.70. The summed E-state index contributed by atoms with van der Waals surface area (Å²) < 4.78 is 18.0. The van der Waals surface area contributed by atoms with Gasteiger partial charge in [-0.25, -0.2) is 0 Å². The molecule has 2 aromatic rings. The van der Waals surface area contributed by atoms with Gasteiger partial charge in [0.15, 0.2) is 0 Å². The molecule has 1 aliphatic rings. The molecule has 0 N–H and O–H groups in total. The van der Waals surface area contributed by atoms with Crippen molar-refractivity contribution >= 4 is 22.4 Å². The molecule has 0 bridgehead atoms. The summed E-state index contributed by atoms with van der Waals surface area (Å²) in [7, 11) is -1.22. The molecular formula is C21H25ClO2S. The van der Waals surface area contributed by atoms with Gasteiger partial charge in [0.1, 0.15) is 4.21 Å². The van der Waals surface area contributed by atoms with E-state index in [1.807, 2.05) is 37.3 Å². The molecule has 1 unspecified atom stereocenters. The summed E-state index contributed by atoms with van der Waals surface area (Å²) in [5, 5.41) is 0. The van der Waals surface area contributed by atoms with E-state index in [1.165, 1.54) is 5.56 Å². The lowest BCUT2D eigenvalue weighted by Gasteiger charge is -2.17. The van der Waals surface area contributed by atoms with E-state index in [2.05, 4.69) is 31.2 Å². The summed E-state index contributed by atoms with van der Waals surface area (Å²) in [6, 6.07) is 18.2. The number of hydrogen-bond donors (Lipinski definition) is 0. The zero-order chi connectivity index (χ0) is 17.9. The van der Waals surface area contributed by atoms with Gasteiger partial charge < -0.3 is 4.74 Å². The van der Waals surface area contributed by atoms with Crippen molar-refractivity contribution in [1.29, 1.82) is 0 Å². The van der Waals surface area contributed by atoms with Crippen LogP contribution in [-0.4, -0.2) is 21.6 Å². The van der Waals surface area contributed by atoms with Gasteiger partial charge in [-0.2, -0.15) is 0 Å². The van der Waals surface area contributed by atoms with Gasteiger partial charge >= 0.3 is 0 Å². The minimum atomic E-state index is -1.22. The largest absolute Gasteiger partial charge is 0.381 e. The third-order valence-corrected chi connectivity index (χ3v) is 7.88. The Bertz CT molecular complexity index is 731. The van der Waals surface area contributed by atoms with E-state index in [0.717, 1.165) is 29.7 Å². The second-order valence-corrected chi connectivity index (χ2v) is 9.76. The molecule has 1 saturated carbocycles. The molecule has 4 heteroatoms. The van der Waals surface area contributed by atoms with E-state index in [4.69, 9.17) is 16.3 Å². The molecular weight excluding hydrogens is 352 g/mol. The molecule has 0 spiro atoms. The molecule has 1 aliphatic carbocycles. The van der Waals surface area contributed by atoms with Gasteiger partial charge in [0.25, 0.3) is 0 Å². The Balaban J connectivity index is 1.47. The first kappa shape index (κ1) is 18.6. The molecule has 2 nitrogen and oxygen atoms in total. The van der Waals surface area contributed by atoms with Crippen molar-refractivity contribution in [3.8, 4) is 0 Å². The molecule has 0 amide bonds. The minimum Gasteiger partial charge on any atom is -0.381 e. The van der Waals surface area contributed by atoms with Crippen molar-refractivity contribution in [3.63, 3.8) is 0 Å². The van der Waals surface area contributed by atoms with Crippen molar-refractivity contribution in [2.45, 2.75) is 42.2 Å². The number of halogens is 1. The molecule has 0 saturated heterocycles. The smallest absolute Gasteiger partial charge is 0.132 e. The average Bonchev–Trinajstić information content (AvgIpc) is 3.18. The number of hydrogen-bond acceptors (Lipinski definition) is 2. The Morgan fingerprint density at radius 1 is 1.12 bits per heavy atom. The first-order valence-corrected chi connectivity index (χ1v) is 10.3. The molecule has 3 rings (SSSR count). The van der Waals surface area contributed by atoms with Crippen LogP contribution in [0.2, 0.25) is 0 Å². The third kappa shape index (κ3) is 4.16. The third-order valence-electron chi connectivity index (χ3n) is 4.94. The molecule has 0 aromatic heterocycles. The summed E-state index contributed by atoms with van der Waals surface area (Å²) in [4.78, 5) is 0.799. The predicted molar refractivity (Wildman–Crippen MR) is 104 cm³/mol. The highest BCUT2D eigenvalue weighted by atomic mass is 35.5. The van der Waals surface area contributed by atoms with Crippen LogP contribution in [0.15, 0.2) is 59.5 Å². The lowest BCUT2D eigenvalue weighted by Crippen LogP contribution is -2.22. The topological polar surface area (TPSA) is 26.3 Å². The van der Waals surface area contributed by atoms with Gasteiger partial charge in [-0.15, -0.1) is 11.6 Å². The lowest BCUT2D eigenvalue weighted by atomic mass is 10.1. The zero-order valence-electron chi connectivity index (χ0n) is 14.8. The Morgan fingerprint density at radius 2 is 1.80 bits per heavy atom. The number of ether oxygens (including phenoxy) is 1. The van der Waals surface area contributed by atoms with Crippen LogP contribution in [0.3, 0.4) is 0 Å². The van der Waals surface area contributed by atoms with Crippen LogP contribution in [0, 0.1) is 12.3 Å². The van der Waals surface area contributed by atoms with Crippen LogP contribution in [0.1, 0.15) is 30.9 Å². The van der Waals surface area contributed by atoms with Gasteiger partial charge in [0, 0.05) is 16.9 Å². The highest BCUT2D eigenvalue weighted by Gasteiger charge is 2.68. The summed E-state index contributed by atoms with van der Waals surface area (Å²) in [6.45, 7) is 5.36. The normalized spacial score (nSPS) is 26.4. The second-order valence-electron chi connectivity index (χ2n) is 7.19. The first-order valence-electron chi connectivity index (χ1n) is 8.74. The number of aryl methyl sites for hydroxylation is 2. The summed E-state index contributed by atoms with van der Waals surface area (Å²) in [5.41, 5.74) is 2.26. The standard InChI is InChI=1S/C21H25ClO2S/c1-17-10-12-19(13-11-17)25(23)21(22)15-20(21,2)16-24-14-6-9-18-7-4-3-5-8-18/h3-5,7-8,10-13H,6,9,14-16H2,1-2H3/t20-,21-,25?/m1/s1. The van der Waals surface area contributed by atoms with Crippen LogP contribution >= 0.6 is 11.6 Å². The van der Waals surface area contributed by atoms with Crippen LogP contribution in [-0.2, 0) is 22.0 Å². The molecule has 0 heterocycles. The molecule has 134 valence electrons. The van der Waals surface area contributed by atoms with Crippen LogP contribution in [0.5, 0.6) is 0 Å². The predicted octanol–water partition coefficient (Wildman–Crippen LogP) is 5.10. The van der Waals surface area contributed by atoms with Crippen molar-refractivity contribution in [2.24, 2.45) is 5.41 Å². The van der Waals surface area contributed by atoms with Crippen molar-refractivity contribution in [2.75, 3.05) is 13.2 Å². The van der Waals surface area contributed by atoms with Gasteiger partial charge in [0.05, 0.1) is 17.4 Å². The quantitative estimate of drug-likeness (QED) is 0.473. The number of alkyl halides is 1. The second kappa shape index (κ2) is 7.61. The average molecular weight is 377 g/mol. The molecule has 2 aromatic carbocycles. The van der Waals surface area contributed by atoms with E-state index in [-0.39, 0.29) is 5.41 Å². The Kier molecular flexibility index (Phi) is 5.67. The Labute approximate surface area is 158 Å². The Morgan fingerprint density at radius 3 is 2.48 bits per heavy atom. The SMILES string of the molecule is Cc1ccc(S(=O)[C@]2(Cl)C[C@]2(C)COCCCc2ccccc2)cc1. The van der Waals surface area contributed by atoms with E-state index in [9.17, 15) is 4.21 Å². The van der Waals surface area contributed by atoms with Gasteiger partial charge in [0.2, 0.25) is 0 Å². The molecule has 25 heavy (non-hydrogen) atoms. The number of benzene rings is 2. The van der Waals surface area contributed by atoms with E-state index in [1.54, 1.807) is 0 Å². The molecule has 3 atom stereocenters. The summed E-state index contributed by atoms with van der Waals surface area (Å²) in [5.74, 6) is 0. The van der Waals surface area contributed by atoms with Crippen molar-refractivity contribution in [3.05, 3.63) is 65.7 Å². The lowest BCUT2D eigenvalue weighted by molar-refractivity contribution is 0.0940. The maximum Gasteiger partial charge on any atom is 0.132 e. The fourth-order valence-corrected chi connectivity index (χ4v) is 5.40. The highest BCUT2D eigenvalue weighted by molar-refractivity contribution is 7.88. The number of rotatable bonds is 8. The van der Waals surface area contributed by atoms with Crippen LogP contribution < -0.4 is 0 Å².